The number of ether oxygens (including phenoxy) is 2. The summed E-state index contributed by atoms with van der Waals surface area (Å²) in [5.74, 6) is 1.29. The highest BCUT2D eigenvalue weighted by Gasteiger charge is 2.40. The molecule has 24 heavy (non-hydrogen) atoms. The fourth-order valence-electron chi connectivity index (χ4n) is 2.93. The summed E-state index contributed by atoms with van der Waals surface area (Å²) < 4.78 is 12.9. The second-order valence-electron chi connectivity index (χ2n) is 5.49. The highest BCUT2D eigenvalue weighted by molar-refractivity contribution is 6.02. The fourth-order valence-corrected chi connectivity index (χ4v) is 2.93. The maximum absolute atomic E-state index is 13.0. The highest BCUT2D eigenvalue weighted by Crippen LogP contribution is 2.41. The number of rotatable bonds is 3. The van der Waals surface area contributed by atoms with Crippen LogP contribution in [0.15, 0.2) is 61.2 Å². The smallest absolute Gasteiger partial charge is 0.195 e. The molecule has 4 rings (SSSR count). The Kier molecular flexibility index (Phi) is 3.49. The number of hydrogen-bond acceptors (Lipinski definition) is 5. The molecule has 1 aliphatic heterocycles. The van der Waals surface area contributed by atoms with Crippen molar-refractivity contribution in [2.75, 3.05) is 7.11 Å². The Morgan fingerprint density at radius 2 is 1.92 bits per heavy atom. The van der Waals surface area contributed by atoms with E-state index in [4.69, 9.17) is 9.47 Å². The predicted molar refractivity (Wildman–Crippen MR) is 86.2 cm³/mol. The molecule has 0 spiro atoms. The van der Waals surface area contributed by atoms with Crippen LogP contribution in [-0.2, 0) is 0 Å². The first-order valence-electron chi connectivity index (χ1n) is 7.56. The molecule has 2 atom stereocenters. The van der Waals surface area contributed by atoms with Crippen LogP contribution in [0, 0.1) is 0 Å². The molecule has 0 aliphatic carbocycles. The molecule has 2 aromatic carbocycles. The quantitative estimate of drug-likeness (QED) is 0.742. The maximum Gasteiger partial charge on any atom is 0.195 e. The first-order chi connectivity index (χ1) is 11.8. The lowest BCUT2D eigenvalue weighted by Crippen LogP contribution is -2.34. The molecule has 6 nitrogen and oxygen atoms in total. The van der Waals surface area contributed by atoms with E-state index >= 15 is 0 Å². The van der Waals surface area contributed by atoms with Crippen LogP contribution in [0.4, 0.5) is 0 Å². The maximum atomic E-state index is 13.0. The lowest BCUT2D eigenvalue weighted by molar-refractivity contribution is 0.0653. The van der Waals surface area contributed by atoms with Gasteiger partial charge in [0.15, 0.2) is 17.9 Å². The number of fused-ring (bicyclic) bond motifs is 1. The molecule has 0 N–H and O–H groups in total. The van der Waals surface area contributed by atoms with Gasteiger partial charge in [0.05, 0.1) is 12.7 Å². The van der Waals surface area contributed by atoms with Gasteiger partial charge in [-0.3, -0.25) is 4.79 Å². The molecule has 6 heteroatoms. The first kappa shape index (κ1) is 14.4. The van der Waals surface area contributed by atoms with E-state index in [-0.39, 0.29) is 5.78 Å². The zero-order chi connectivity index (χ0) is 16.5. The van der Waals surface area contributed by atoms with Gasteiger partial charge in [0.25, 0.3) is 0 Å². The second-order valence-corrected chi connectivity index (χ2v) is 5.49. The van der Waals surface area contributed by atoms with E-state index in [1.54, 1.807) is 23.9 Å². The molecule has 0 radical (unpaired) electrons. The van der Waals surface area contributed by atoms with E-state index in [1.165, 1.54) is 12.7 Å². The minimum absolute atomic E-state index is 0.0387. The molecule has 0 bridgehead atoms. The van der Waals surface area contributed by atoms with Crippen LogP contribution in [0.1, 0.15) is 28.1 Å². The number of Topliss-reactive ketones (excluding diaryl/α,β-unsaturated/α-hetero) is 1. The van der Waals surface area contributed by atoms with E-state index in [9.17, 15) is 4.79 Å². The average molecular weight is 321 g/mol. The summed E-state index contributed by atoms with van der Waals surface area (Å²) in [6.45, 7) is 0. The number of aromatic nitrogens is 3. The summed E-state index contributed by atoms with van der Waals surface area (Å²) in [4.78, 5) is 17.0. The molecule has 0 fully saturated rings. The first-order valence-corrected chi connectivity index (χ1v) is 7.56. The third kappa shape index (κ3) is 2.32. The van der Waals surface area contributed by atoms with Gasteiger partial charge in [-0.15, -0.1) is 0 Å². The van der Waals surface area contributed by atoms with E-state index < -0.39 is 12.1 Å². The zero-order valence-corrected chi connectivity index (χ0v) is 13.0. The number of ketones is 1. The molecule has 2 heterocycles. The average Bonchev–Trinajstić information content (AvgIpc) is 3.16. The van der Waals surface area contributed by atoms with Crippen LogP contribution in [0.3, 0.4) is 0 Å². The van der Waals surface area contributed by atoms with Crippen molar-refractivity contribution in [2.24, 2.45) is 0 Å². The summed E-state index contributed by atoms with van der Waals surface area (Å²) >= 11 is 0. The Hall–Kier alpha value is -3.15. The summed E-state index contributed by atoms with van der Waals surface area (Å²) in [6, 6.07) is 14.1. The van der Waals surface area contributed by atoms with Crippen molar-refractivity contribution >= 4 is 5.78 Å². The molecule has 0 amide bonds. The molecular formula is C18H15N3O3. The Bertz CT molecular complexity index is 859. The predicted octanol–water partition coefficient (Wildman–Crippen LogP) is 2.84. The van der Waals surface area contributed by atoms with Gasteiger partial charge >= 0.3 is 0 Å². The van der Waals surface area contributed by atoms with Gasteiger partial charge in [0.1, 0.15) is 24.2 Å². The van der Waals surface area contributed by atoms with Gasteiger partial charge in [0.2, 0.25) is 0 Å². The van der Waals surface area contributed by atoms with Gasteiger partial charge in [-0.2, -0.15) is 5.10 Å². The van der Waals surface area contributed by atoms with Crippen molar-refractivity contribution < 1.29 is 14.3 Å². The zero-order valence-electron chi connectivity index (χ0n) is 13.0. The molecule has 0 unspecified atom stereocenters. The van der Waals surface area contributed by atoms with Crippen molar-refractivity contribution in [1.29, 1.82) is 0 Å². The summed E-state index contributed by atoms with van der Waals surface area (Å²) in [5, 5.41) is 4.15. The van der Waals surface area contributed by atoms with Crippen molar-refractivity contribution in [1.82, 2.24) is 14.8 Å². The van der Waals surface area contributed by atoms with Gasteiger partial charge in [-0.25, -0.2) is 9.67 Å². The molecule has 0 saturated heterocycles. The van der Waals surface area contributed by atoms with E-state index in [1.807, 2.05) is 36.4 Å². The third-order valence-electron chi connectivity index (χ3n) is 4.13. The van der Waals surface area contributed by atoms with Crippen LogP contribution in [0.25, 0.3) is 0 Å². The van der Waals surface area contributed by atoms with E-state index in [2.05, 4.69) is 10.1 Å². The van der Waals surface area contributed by atoms with Crippen LogP contribution in [0.5, 0.6) is 11.5 Å². The summed E-state index contributed by atoms with van der Waals surface area (Å²) in [6.07, 6.45) is 2.47. The SMILES string of the molecule is COc1ccc([C@@H]2Oc3ccccc3C(=O)[C@H]2n2cncn2)cc1. The van der Waals surface area contributed by atoms with E-state index in [0.717, 1.165) is 11.3 Å². The topological polar surface area (TPSA) is 66.2 Å². The number of methoxy groups -OCH3 is 1. The number of carbonyl (C=O) groups excluding carboxylic acids is 1. The van der Waals surface area contributed by atoms with Crippen LogP contribution < -0.4 is 9.47 Å². The molecular weight excluding hydrogens is 306 g/mol. The molecule has 1 aromatic heterocycles. The van der Waals surface area contributed by atoms with Crippen molar-refractivity contribution in [2.45, 2.75) is 12.1 Å². The van der Waals surface area contributed by atoms with Gasteiger partial charge in [-0.05, 0) is 29.8 Å². The molecule has 0 saturated carbocycles. The summed E-state index contributed by atoms with van der Waals surface area (Å²) in [5.41, 5.74) is 1.43. The fraction of sp³-hybridized carbons (Fsp3) is 0.167. The molecule has 120 valence electrons. The number of hydrogen-bond donors (Lipinski definition) is 0. The van der Waals surface area contributed by atoms with E-state index in [0.29, 0.717) is 11.3 Å². The van der Waals surface area contributed by atoms with Gasteiger partial charge < -0.3 is 9.47 Å². The molecule has 3 aromatic rings. The third-order valence-corrected chi connectivity index (χ3v) is 4.13. The van der Waals surface area contributed by atoms with Crippen molar-refractivity contribution in [3.05, 3.63) is 72.3 Å². The lowest BCUT2D eigenvalue weighted by atomic mass is 9.91. The standard InChI is InChI=1S/C18H15N3O3/c1-23-13-8-6-12(7-9-13)18-16(21-11-19-10-20-21)17(22)14-4-2-3-5-15(14)24-18/h2-11,16,18H,1H3/t16-,18+/m1/s1. The number of carbonyl (C=O) groups is 1. The minimum Gasteiger partial charge on any atom is -0.497 e. The Balaban J connectivity index is 1.81. The van der Waals surface area contributed by atoms with Crippen LogP contribution in [-0.4, -0.2) is 27.7 Å². The monoisotopic (exact) mass is 321 g/mol. The van der Waals surface area contributed by atoms with Crippen molar-refractivity contribution in [3.8, 4) is 11.5 Å². The Labute approximate surface area is 138 Å². The number of para-hydroxylation sites is 1. The lowest BCUT2D eigenvalue weighted by Gasteiger charge is -2.32. The second kappa shape index (κ2) is 5.81. The summed E-state index contributed by atoms with van der Waals surface area (Å²) in [7, 11) is 1.62. The van der Waals surface area contributed by atoms with Crippen molar-refractivity contribution in [3.63, 3.8) is 0 Å². The minimum atomic E-state index is -0.601. The van der Waals surface area contributed by atoms with Crippen LogP contribution in [0.2, 0.25) is 0 Å². The molecule has 1 aliphatic rings. The highest BCUT2D eigenvalue weighted by atomic mass is 16.5. The number of benzene rings is 2. The Morgan fingerprint density at radius 1 is 1.12 bits per heavy atom. The van der Waals surface area contributed by atoms with Gasteiger partial charge in [-0.1, -0.05) is 24.3 Å². The number of nitrogens with zero attached hydrogens (tertiary/aromatic N) is 3. The van der Waals surface area contributed by atoms with Gasteiger partial charge in [0, 0.05) is 0 Å². The Morgan fingerprint density at radius 3 is 2.62 bits per heavy atom. The normalized spacial score (nSPS) is 19.5. The van der Waals surface area contributed by atoms with Crippen LogP contribution >= 0.6 is 0 Å². The largest absolute Gasteiger partial charge is 0.497 e.